The molecule has 0 saturated heterocycles. The van der Waals surface area contributed by atoms with Crippen LogP contribution in [0.2, 0.25) is 0 Å². The lowest BCUT2D eigenvalue weighted by Gasteiger charge is -2.02. The van der Waals surface area contributed by atoms with E-state index < -0.39 is 5.63 Å². The third-order valence-electron chi connectivity index (χ3n) is 3.15. The molecule has 1 aromatic heterocycles. The summed E-state index contributed by atoms with van der Waals surface area (Å²) in [7, 11) is 0. The average Bonchev–Trinajstić information content (AvgIpc) is 2.47. The van der Waals surface area contributed by atoms with Crippen molar-refractivity contribution < 1.29 is 9.21 Å². The van der Waals surface area contributed by atoms with Crippen molar-refractivity contribution in [3.63, 3.8) is 0 Å². The third kappa shape index (κ3) is 2.38. The number of carbonyl (C=O) groups is 1. The zero-order chi connectivity index (χ0) is 13.9. The first-order chi connectivity index (χ1) is 9.74. The molecule has 0 saturated carbocycles. The first kappa shape index (κ1) is 12.4. The van der Waals surface area contributed by atoms with Crippen molar-refractivity contribution in [1.82, 2.24) is 0 Å². The largest absolute Gasteiger partial charge is 0.422 e. The maximum atomic E-state index is 12.2. The van der Waals surface area contributed by atoms with Gasteiger partial charge in [0, 0.05) is 11.8 Å². The second-order valence-corrected chi connectivity index (χ2v) is 4.57. The van der Waals surface area contributed by atoms with Gasteiger partial charge in [-0.3, -0.25) is 4.79 Å². The lowest BCUT2D eigenvalue weighted by atomic mass is 10.0. The second-order valence-electron chi connectivity index (χ2n) is 4.57. The Morgan fingerprint density at radius 1 is 0.950 bits per heavy atom. The fourth-order valence-corrected chi connectivity index (χ4v) is 2.13. The summed E-state index contributed by atoms with van der Waals surface area (Å²) in [6.07, 6.45) is 0.198. The fraction of sp³-hybridized carbons (Fsp3) is 0.0588. The van der Waals surface area contributed by atoms with Crippen LogP contribution in [0.3, 0.4) is 0 Å². The van der Waals surface area contributed by atoms with Crippen LogP contribution in [0.25, 0.3) is 11.0 Å². The minimum atomic E-state index is -0.579. The van der Waals surface area contributed by atoms with Gasteiger partial charge in [-0.15, -0.1) is 0 Å². The highest BCUT2D eigenvalue weighted by Gasteiger charge is 2.13. The first-order valence-electron chi connectivity index (χ1n) is 6.34. The van der Waals surface area contributed by atoms with E-state index in [1.807, 2.05) is 42.5 Å². The minimum Gasteiger partial charge on any atom is -0.422 e. The average molecular weight is 264 g/mol. The molecule has 2 aromatic carbocycles. The minimum absolute atomic E-state index is 0.104. The molecule has 20 heavy (non-hydrogen) atoms. The van der Waals surface area contributed by atoms with E-state index >= 15 is 0 Å². The monoisotopic (exact) mass is 264 g/mol. The Morgan fingerprint density at radius 3 is 2.45 bits per heavy atom. The molecule has 0 aliphatic carbocycles. The molecule has 0 N–H and O–H groups in total. The maximum absolute atomic E-state index is 12.2. The standard InChI is InChI=1S/C17H12O3/c18-15(10-12-6-2-1-3-7-12)14-11-13-8-4-5-9-16(13)20-17(14)19/h1-9,11H,10H2. The molecule has 1 heterocycles. The molecule has 0 bridgehead atoms. The SMILES string of the molecule is O=C(Cc1ccccc1)c1cc2ccccc2oc1=O. The van der Waals surface area contributed by atoms with Gasteiger partial charge in [-0.25, -0.2) is 4.79 Å². The van der Waals surface area contributed by atoms with Crippen molar-refractivity contribution in [2.75, 3.05) is 0 Å². The predicted molar refractivity (Wildman–Crippen MR) is 77.0 cm³/mol. The Bertz CT molecular complexity index is 816. The lowest BCUT2D eigenvalue weighted by Crippen LogP contribution is -2.15. The molecular weight excluding hydrogens is 252 g/mol. The number of ketones is 1. The molecule has 0 spiro atoms. The van der Waals surface area contributed by atoms with E-state index in [2.05, 4.69) is 0 Å². The van der Waals surface area contributed by atoms with Crippen LogP contribution in [-0.4, -0.2) is 5.78 Å². The van der Waals surface area contributed by atoms with Gasteiger partial charge < -0.3 is 4.42 Å². The number of rotatable bonds is 3. The molecule has 0 fully saturated rings. The van der Waals surface area contributed by atoms with Crippen LogP contribution in [0.1, 0.15) is 15.9 Å². The molecule has 98 valence electrons. The summed E-state index contributed by atoms with van der Waals surface area (Å²) >= 11 is 0. The van der Waals surface area contributed by atoms with E-state index in [-0.39, 0.29) is 17.8 Å². The molecule has 0 atom stereocenters. The van der Waals surface area contributed by atoms with Gasteiger partial charge in [0.1, 0.15) is 11.1 Å². The van der Waals surface area contributed by atoms with Crippen LogP contribution >= 0.6 is 0 Å². The topological polar surface area (TPSA) is 47.3 Å². The molecular formula is C17H12O3. The first-order valence-corrected chi connectivity index (χ1v) is 6.34. The summed E-state index contributed by atoms with van der Waals surface area (Å²) in [6, 6.07) is 18.1. The maximum Gasteiger partial charge on any atom is 0.347 e. The van der Waals surface area contributed by atoms with Gasteiger partial charge in [0.2, 0.25) is 0 Å². The van der Waals surface area contributed by atoms with Gasteiger partial charge in [0.05, 0.1) is 0 Å². The summed E-state index contributed by atoms with van der Waals surface area (Å²) in [6.45, 7) is 0. The van der Waals surface area contributed by atoms with Crippen molar-refractivity contribution in [3.05, 3.63) is 82.2 Å². The smallest absolute Gasteiger partial charge is 0.347 e. The van der Waals surface area contributed by atoms with E-state index in [0.29, 0.717) is 5.58 Å². The molecule has 3 heteroatoms. The highest BCUT2D eigenvalue weighted by molar-refractivity contribution is 5.99. The van der Waals surface area contributed by atoms with Crippen molar-refractivity contribution in [2.45, 2.75) is 6.42 Å². The Balaban J connectivity index is 1.99. The Morgan fingerprint density at radius 2 is 1.65 bits per heavy atom. The molecule has 3 aromatic rings. The van der Waals surface area contributed by atoms with Crippen LogP contribution in [0, 0.1) is 0 Å². The van der Waals surface area contributed by atoms with E-state index in [1.165, 1.54) is 0 Å². The van der Waals surface area contributed by atoms with Gasteiger partial charge >= 0.3 is 5.63 Å². The molecule has 0 radical (unpaired) electrons. The summed E-state index contributed by atoms with van der Waals surface area (Å²) in [4.78, 5) is 24.1. The van der Waals surface area contributed by atoms with Gasteiger partial charge in [-0.05, 0) is 17.7 Å². The molecule has 0 aliphatic rings. The number of Topliss-reactive ketones (excluding diaryl/α,β-unsaturated/α-hetero) is 1. The Hall–Kier alpha value is -2.68. The highest BCUT2D eigenvalue weighted by Crippen LogP contribution is 2.14. The molecule has 0 aliphatic heterocycles. The van der Waals surface area contributed by atoms with E-state index in [0.717, 1.165) is 10.9 Å². The summed E-state index contributed by atoms with van der Waals surface area (Å²) < 4.78 is 5.18. The Labute approximate surface area is 115 Å². The van der Waals surface area contributed by atoms with Gasteiger partial charge in [-0.2, -0.15) is 0 Å². The normalized spacial score (nSPS) is 10.6. The van der Waals surface area contributed by atoms with E-state index in [9.17, 15) is 9.59 Å². The highest BCUT2D eigenvalue weighted by atomic mass is 16.4. The number of hydrogen-bond acceptors (Lipinski definition) is 3. The van der Waals surface area contributed by atoms with Crippen molar-refractivity contribution in [3.8, 4) is 0 Å². The Kier molecular flexibility index (Phi) is 3.17. The molecule has 3 nitrogen and oxygen atoms in total. The van der Waals surface area contributed by atoms with Gasteiger partial charge in [0.25, 0.3) is 0 Å². The van der Waals surface area contributed by atoms with E-state index in [1.54, 1.807) is 18.2 Å². The van der Waals surface area contributed by atoms with Gasteiger partial charge in [-0.1, -0.05) is 48.5 Å². The van der Waals surface area contributed by atoms with Crippen LogP contribution in [0.5, 0.6) is 0 Å². The zero-order valence-electron chi connectivity index (χ0n) is 10.7. The fourth-order valence-electron chi connectivity index (χ4n) is 2.13. The molecule has 3 rings (SSSR count). The zero-order valence-corrected chi connectivity index (χ0v) is 10.7. The third-order valence-corrected chi connectivity index (χ3v) is 3.15. The van der Waals surface area contributed by atoms with Crippen LogP contribution in [0.4, 0.5) is 0 Å². The van der Waals surface area contributed by atoms with Crippen LogP contribution in [-0.2, 0) is 6.42 Å². The van der Waals surface area contributed by atoms with Gasteiger partial charge in [0.15, 0.2) is 5.78 Å². The van der Waals surface area contributed by atoms with Crippen LogP contribution < -0.4 is 5.63 Å². The quantitative estimate of drug-likeness (QED) is 0.539. The van der Waals surface area contributed by atoms with Crippen molar-refractivity contribution in [2.24, 2.45) is 0 Å². The summed E-state index contributed by atoms with van der Waals surface area (Å²) in [5.74, 6) is -0.226. The van der Waals surface area contributed by atoms with Crippen LogP contribution in [0.15, 0.2) is 69.9 Å². The number of fused-ring (bicyclic) bond motifs is 1. The molecule has 0 amide bonds. The summed E-state index contributed by atoms with van der Waals surface area (Å²) in [5.41, 5.74) is 0.899. The summed E-state index contributed by atoms with van der Waals surface area (Å²) in [5, 5.41) is 0.753. The molecule has 0 unspecified atom stereocenters. The predicted octanol–water partition coefficient (Wildman–Crippen LogP) is 3.22. The number of benzene rings is 2. The van der Waals surface area contributed by atoms with Crippen molar-refractivity contribution in [1.29, 1.82) is 0 Å². The number of hydrogen-bond donors (Lipinski definition) is 0. The lowest BCUT2D eigenvalue weighted by molar-refractivity contribution is 0.0989. The van der Waals surface area contributed by atoms with E-state index in [4.69, 9.17) is 4.42 Å². The number of para-hydroxylation sites is 1. The number of carbonyl (C=O) groups excluding carboxylic acids is 1. The second kappa shape index (κ2) is 5.13. The van der Waals surface area contributed by atoms with Crippen molar-refractivity contribution >= 4 is 16.8 Å².